The predicted molar refractivity (Wildman–Crippen MR) is 149 cm³/mol. The van der Waals surface area contributed by atoms with Gasteiger partial charge in [0.15, 0.2) is 0 Å². The smallest absolute Gasteiger partial charge is 0.264 e. The number of benzene rings is 3. The van der Waals surface area contributed by atoms with Crippen molar-refractivity contribution < 1.29 is 22.4 Å². The number of hydrogen-bond acceptors (Lipinski definition) is 4. The largest absolute Gasteiger partial charge is 0.352 e. The average molecular weight is 605 g/mol. The third-order valence-corrected chi connectivity index (χ3v) is 8.45. The van der Waals surface area contributed by atoms with Gasteiger partial charge in [-0.3, -0.25) is 13.9 Å². The molecule has 0 radical (unpaired) electrons. The van der Waals surface area contributed by atoms with Crippen LogP contribution in [0.15, 0.2) is 88.2 Å². The van der Waals surface area contributed by atoms with Crippen molar-refractivity contribution in [3.8, 4) is 0 Å². The number of nitrogens with zero attached hydrogens (tertiary/aromatic N) is 2. The first-order valence-corrected chi connectivity index (χ1v) is 14.4. The van der Waals surface area contributed by atoms with Gasteiger partial charge in [-0.15, -0.1) is 0 Å². The minimum absolute atomic E-state index is 0.0102. The Morgan fingerprint density at radius 3 is 2.26 bits per heavy atom. The van der Waals surface area contributed by atoms with Crippen molar-refractivity contribution in [2.24, 2.45) is 0 Å². The molecule has 2 atom stereocenters. The zero-order valence-electron chi connectivity index (χ0n) is 21.5. The van der Waals surface area contributed by atoms with Crippen molar-refractivity contribution in [2.45, 2.75) is 50.7 Å². The van der Waals surface area contributed by atoms with Crippen LogP contribution in [0, 0.1) is 5.82 Å². The molecule has 0 bridgehead atoms. The van der Waals surface area contributed by atoms with Crippen LogP contribution in [0.4, 0.5) is 10.1 Å². The fourth-order valence-corrected chi connectivity index (χ4v) is 5.55. The summed E-state index contributed by atoms with van der Waals surface area (Å²) in [6.07, 6.45) is 0.686. The van der Waals surface area contributed by atoms with E-state index >= 15 is 0 Å². The van der Waals surface area contributed by atoms with Gasteiger partial charge in [-0.1, -0.05) is 65.3 Å². The third-order valence-electron chi connectivity index (χ3n) is 6.17. The van der Waals surface area contributed by atoms with Gasteiger partial charge in [0.25, 0.3) is 10.0 Å². The first-order valence-electron chi connectivity index (χ1n) is 12.2. The molecule has 0 aliphatic carbocycles. The van der Waals surface area contributed by atoms with E-state index in [0.29, 0.717) is 10.9 Å². The van der Waals surface area contributed by atoms with Crippen LogP contribution in [0.3, 0.4) is 0 Å². The highest BCUT2D eigenvalue weighted by Gasteiger charge is 2.33. The number of carbonyl (C=O) groups excluding carboxylic acids is 2. The molecule has 2 amide bonds. The van der Waals surface area contributed by atoms with E-state index in [9.17, 15) is 22.4 Å². The summed E-state index contributed by atoms with van der Waals surface area (Å²) in [6.45, 7) is 4.50. The predicted octanol–water partition coefficient (Wildman–Crippen LogP) is 5.12. The van der Waals surface area contributed by atoms with Gasteiger partial charge < -0.3 is 10.2 Å². The van der Waals surface area contributed by atoms with E-state index in [2.05, 4.69) is 21.2 Å². The van der Waals surface area contributed by atoms with Crippen molar-refractivity contribution in [2.75, 3.05) is 10.8 Å². The fourth-order valence-electron chi connectivity index (χ4n) is 3.74. The first kappa shape index (κ1) is 29.3. The minimum Gasteiger partial charge on any atom is -0.352 e. The summed E-state index contributed by atoms with van der Waals surface area (Å²) < 4.78 is 43.6. The topological polar surface area (TPSA) is 86.8 Å². The first-order chi connectivity index (χ1) is 18.0. The van der Waals surface area contributed by atoms with Crippen LogP contribution in [-0.4, -0.2) is 43.8 Å². The van der Waals surface area contributed by atoms with Crippen molar-refractivity contribution >= 4 is 43.5 Å². The van der Waals surface area contributed by atoms with Crippen LogP contribution in [0.5, 0.6) is 0 Å². The van der Waals surface area contributed by atoms with Crippen LogP contribution in [0.2, 0.25) is 0 Å². The molecule has 0 aliphatic heterocycles. The second-order valence-corrected chi connectivity index (χ2v) is 11.7. The Morgan fingerprint density at radius 1 is 0.974 bits per heavy atom. The van der Waals surface area contributed by atoms with E-state index in [0.717, 1.165) is 4.31 Å². The van der Waals surface area contributed by atoms with Gasteiger partial charge in [-0.2, -0.15) is 0 Å². The van der Waals surface area contributed by atoms with Crippen molar-refractivity contribution in [3.63, 3.8) is 0 Å². The molecular weight excluding hydrogens is 573 g/mol. The molecule has 1 N–H and O–H groups in total. The maximum Gasteiger partial charge on any atom is 0.264 e. The highest BCUT2D eigenvalue weighted by atomic mass is 79.9. The Labute approximate surface area is 231 Å². The molecule has 3 aromatic carbocycles. The van der Waals surface area contributed by atoms with Crippen LogP contribution in [0.1, 0.15) is 32.8 Å². The van der Waals surface area contributed by atoms with Crippen molar-refractivity contribution in [1.82, 2.24) is 10.2 Å². The number of carbonyl (C=O) groups is 2. The summed E-state index contributed by atoms with van der Waals surface area (Å²) >= 11 is 3.36. The van der Waals surface area contributed by atoms with Crippen LogP contribution in [-0.2, 0) is 26.2 Å². The summed E-state index contributed by atoms with van der Waals surface area (Å²) in [4.78, 5) is 28.0. The number of amides is 2. The number of halogens is 2. The molecule has 0 saturated heterocycles. The molecule has 2 unspecified atom stereocenters. The SMILES string of the molecule is CCC(C)NC(=O)C(C)N(Cc1ccccc1F)C(=O)CN(c1cccc(Br)c1)S(=O)(=O)c1ccccc1. The maximum absolute atomic E-state index is 14.6. The van der Waals surface area contributed by atoms with Gasteiger partial charge in [0.05, 0.1) is 10.6 Å². The second kappa shape index (κ2) is 13.0. The van der Waals surface area contributed by atoms with E-state index in [1.54, 1.807) is 55.5 Å². The average Bonchev–Trinajstić information content (AvgIpc) is 2.91. The van der Waals surface area contributed by atoms with E-state index < -0.39 is 40.2 Å². The van der Waals surface area contributed by atoms with E-state index in [-0.39, 0.29) is 28.7 Å². The van der Waals surface area contributed by atoms with Gasteiger partial charge in [-0.25, -0.2) is 12.8 Å². The Kier molecular flexibility index (Phi) is 10.0. The van der Waals surface area contributed by atoms with Gasteiger partial charge in [-0.05, 0) is 56.7 Å². The van der Waals surface area contributed by atoms with Gasteiger partial charge in [0.1, 0.15) is 18.4 Å². The zero-order chi connectivity index (χ0) is 27.9. The number of sulfonamides is 1. The Hall–Kier alpha value is -3.24. The molecule has 0 aromatic heterocycles. The monoisotopic (exact) mass is 603 g/mol. The van der Waals surface area contributed by atoms with E-state index in [1.165, 1.54) is 35.2 Å². The number of nitrogens with one attached hydrogen (secondary N) is 1. The van der Waals surface area contributed by atoms with E-state index in [4.69, 9.17) is 0 Å². The molecule has 0 spiro atoms. The molecule has 38 heavy (non-hydrogen) atoms. The standard InChI is InChI=1S/C28H31BrFN3O4S/c1-4-20(2)31-28(35)21(3)32(18-22-11-8-9-16-26(22)30)27(34)19-33(24-13-10-12-23(29)17-24)38(36,37)25-14-6-5-7-15-25/h5-17,20-21H,4,18-19H2,1-3H3,(H,31,35). The van der Waals surface area contributed by atoms with Crippen LogP contribution >= 0.6 is 15.9 Å². The van der Waals surface area contributed by atoms with Crippen LogP contribution in [0.25, 0.3) is 0 Å². The zero-order valence-corrected chi connectivity index (χ0v) is 23.9. The molecule has 10 heteroatoms. The van der Waals surface area contributed by atoms with Gasteiger partial charge in [0, 0.05) is 22.6 Å². The summed E-state index contributed by atoms with van der Waals surface area (Å²) in [5, 5.41) is 2.85. The highest BCUT2D eigenvalue weighted by molar-refractivity contribution is 9.10. The number of anilines is 1. The number of rotatable bonds is 11. The molecule has 3 rings (SSSR count). The normalized spacial score (nSPS) is 12.9. The summed E-state index contributed by atoms with van der Waals surface area (Å²) in [5.74, 6) is -1.59. The summed E-state index contributed by atoms with van der Waals surface area (Å²) in [5.41, 5.74) is 0.475. The Morgan fingerprint density at radius 2 is 1.63 bits per heavy atom. The molecule has 3 aromatic rings. The minimum atomic E-state index is -4.16. The lowest BCUT2D eigenvalue weighted by Gasteiger charge is -2.32. The van der Waals surface area contributed by atoms with E-state index in [1.807, 2.05) is 13.8 Å². The third kappa shape index (κ3) is 7.20. The molecule has 7 nitrogen and oxygen atoms in total. The lowest BCUT2D eigenvalue weighted by molar-refractivity contribution is -0.139. The molecule has 202 valence electrons. The Bertz CT molecular complexity index is 1370. The highest BCUT2D eigenvalue weighted by Crippen LogP contribution is 2.27. The molecule has 0 fully saturated rings. The quantitative estimate of drug-likeness (QED) is 0.330. The van der Waals surface area contributed by atoms with Crippen molar-refractivity contribution in [3.05, 3.63) is 94.7 Å². The lowest BCUT2D eigenvalue weighted by Crippen LogP contribution is -2.52. The Balaban J connectivity index is 2.03. The molecule has 0 heterocycles. The van der Waals surface area contributed by atoms with Crippen molar-refractivity contribution in [1.29, 1.82) is 0 Å². The number of hydrogen-bond donors (Lipinski definition) is 1. The van der Waals surface area contributed by atoms with Gasteiger partial charge >= 0.3 is 0 Å². The molecular formula is C28H31BrFN3O4S. The maximum atomic E-state index is 14.6. The van der Waals surface area contributed by atoms with Gasteiger partial charge in [0.2, 0.25) is 11.8 Å². The molecule has 0 aliphatic rings. The molecule has 0 saturated carbocycles. The summed E-state index contributed by atoms with van der Waals surface area (Å²) in [6, 6.07) is 19.2. The van der Waals surface area contributed by atoms with Crippen LogP contribution < -0.4 is 9.62 Å². The summed E-state index contributed by atoms with van der Waals surface area (Å²) in [7, 11) is -4.16. The lowest BCUT2D eigenvalue weighted by atomic mass is 10.1. The second-order valence-electron chi connectivity index (χ2n) is 8.91. The fraction of sp³-hybridized carbons (Fsp3) is 0.286.